The number of aliphatic hydroxyl groups excluding tert-OH is 1. The van der Waals surface area contributed by atoms with E-state index < -0.39 is 17.7 Å². The lowest BCUT2D eigenvalue weighted by atomic mass is 10.1. The summed E-state index contributed by atoms with van der Waals surface area (Å²) < 4.78 is 11.3. The molecule has 0 spiro atoms. The third-order valence-corrected chi connectivity index (χ3v) is 3.61. The molecule has 5 nitrogen and oxygen atoms in total. The number of methoxy groups -OCH3 is 1. The molecule has 0 radical (unpaired) electrons. The van der Waals surface area contributed by atoms with Crippen LogP contribution in [0.15, 0.2) is 22.7 Å². The van der Waals surface area contributed by atoms with Crippen molar-refractivity contribution in [2.24, 2.45) is 0 Å². The summed E-state index contributed by atoms with van der Waals surface area (Å²) in [5, 5.41) is 9.67. The Labute approximate surface area is 134 Å². The molecule has 1 aromatic rings. The smallest absolute Gasteiger partial charge is 0.410 e. The Morgan fingerprint density at radius 1 is 1.43 bits per heavy atom. The lowest BCUT2D eigenvalue weighted by Crippen LogP contribution is -2.38. The molecule has 0 heterocycles. The summed E-state index contributed by atoms with van der Waals surface area (Å²) in [6, 6.07) is 4.88. The largest absolute Gasteiger partial charge is 0.497 e. The predicted octanol–water partition coefficient (Wildman–Crippen LogP) is 3.36. The summed E-state index contributed by atoms with van der Waals surface area (Å²) in [4.78, 5) is 13.5. The topological polar surface area (TPSA) is 59.0 Å². The minimum Gasteiger partial charge on any atom is -0.497 e. The minimum atomic E-state index is -0.586. The van der Waals surface area contributed by atoms with E-state index in [1.54, 1.807) is 47.1 Å². The number of nitrogens with zero attached hydrogens (tertiary/aromatic N) is 1. The number of carbonyl (C=O) groups is 1. The fraction of sp³-hybridized carbons (Fsp3) is 0.533. The van der Waals surface area contributed by atoms with Gasteiger partial charge in [0.25, 0.3) is 0 Å². The molecule has 0 aliphatic rings. The second-order valence-corrected chi connectivity index (χ2v) is 6.53. The Bertz CT molecular complexity index is 499. The van der Waals surface area contributed by atoms with Gasteiger partial charge in [-0.15, -0.1) is 0 Å². The molecule has 6 heteroatoms. The van der Waals surface area contributed by atoms with Crippen molar-refractivity contribution in [1.29, 1.82) is 0 Å². The summed E-state index contributed by atoms with van der Waals surface area (Å²) in [6.45, 7) is 5.18. The predicted molar refractivity (Wildman–Crippen MR) is 84.5 cm³/mol. The summed E-state index contributed by atoms with van der Waals surface area (Å²) in [5.74, 6) is 0.657. The Balaban J connectivity index is 3.04. The van der Waals surface area contributed by atoms with Gasteiger partial charge in [0.15, 0.2) is 0 Å². The maximum Gasteiger partial charge on any atom is 0.410 e. The molecule has 1 unspecified atom stereocenters. The SMILES string of the molecule is COc1ccc(Br)c(C(CO)N(C)C(=O)OC(C)(C)C)c1. The summed E-state index contributed by atoms with van der Waals surface area (Å²) in [7, 11) is 3.17. The van der Waals surface area contributed by atoms with Crippen LogP contribution in [0.3, 0.4) is 0 Å². The van der Waals surface area contributed by atoms with Crippen LogP contribution in [0.5, 0.6) is 5.75 Å². The molecule has 21 heavy (non-hydrogen) atoms. The average Bonchev–Trinajstić information content (AvgIpc) is 2.39. The van der Waals surface area contributed by atoms with E-state index in [4.69, 9.17) is 9.47 Å². The van der Waals surface area contributed by atoms with Crippen LogP contribution in [0.1, 0.15) is 32.4 Å². The van der Waals surface area contributed by atoms with Gasteiger partial charge in [-0.1, -0.05) is 15.9 Å². The van der Waals surface area contributed by atoms with E-state index >= 15 is 0 Å². The lowest BCUT2D eigenvalue weighted by Gasteiger charge is -2.30. The van der Waals surface area contributed by atoms with Crippen molar-refractivity contribution in [2.75, 3.05) is 20.8 Å². The Morgan fingerprint density at radius 3 is 2.52 bits per heavy atom. The van der Waals surface area contributed by atoms with E-state index in [9.17, 15) is 9.90 Å². The second kappa shape index (κ2) is 7.13. The number of amides is 1. The van der Waals surface area contributed by atoms with Crippen molar-refractivity contribution < 1.29 is 19.4 Å². The number of hydrogen-bond donors (Lipinski definition) is 1. The van der Waals surface area contributed by atoms with E-state index in [1.165, 1.54) is 4.90 Å². The van der Waals surface area contributed by atoms with Crippen molar-refractivity contribution in [3.63, 3.8) is 0 Å². The van der Waals surface area contributed by atoms with Crippen molar-refractivity contribution >= 4 is 22.0 Å². The zero-order valence-electron chi connectivity index (χ0n) is 13.0. The number of ether oxygens (including phenoxy) is 2. The van der Waals surface area contributed by atoms with E-state index in [2.05, 4.69) is 15.9 Å². The highest BCUT2D eigenvalue weighted by atomic mass is 79.9. The van der Waals surface area contributed by atoms with Crippen LogP contribution < -0.4 is 4.74 Å². The minimum absolute atomic E-state index is 0.221. The van der Waals surface area contributed by atoms with Crippen molar-refractivity contribution in [3.05, 3.63) is 28.2 Å². The second-order valence-electron chi connectivity index (χ2n) is 5.68. The number of likely N-dealkylation sites (N-methyl/N-ethyl adjacent to an activating group) is 1. The molecule has 1 rings (SSSR count). The van der Waals surface area contributed by atoms with Gasteiger partial charge < -0.3 is 19.5 Å². The number of rotatable bonds is 4. The number of aliphatic hydroxyl groups is 1. The fourth-order valence-corrected chi connectivity index (χ4v) is 2.31. The van der Waals surface area contributed by atoms with Gasteiger partial charge >= 0.3 is 6.09 Å². The molecule has 1 atom stereocenters. The number of benzene rings is 1. The van der Waals surface area contributed by atoms with Crippen LogP contribution in [0.2, 0.25) is 0 Å². The number of carbonyl (C=O) groups excluding carboxylic acids is 1. The monoisotopic (exact) mass is 359 g/mol. The first-order valence-corrected chi connectivity index (χ1v) is 7.39. The molecular weight excluding hydrogens is 338 g/mol. The zero-order valence-corrected chi connectivity index (χ0v) is 14.6. The molecule has 1 aromatic carbocycles. The Morgan fingerprint density at radius 2 is 2.05 bits per heavy atom. The van der Waals surface area contributed by atoms with Crippen LogP contribution in [-0.4, -0.2) is 42.5 Å². The maximum atomic E-state index is 12.1. The van der Waals surface area contributed by atoms with E-state index in [-0.39, 0.29) is 6.61 Å². The average molecular weight is 360 g/mol. The summed E-state index contributed by atoms with van der Waals surface area (Å²) in [6.07, 6.45) is -0.490. The molecule has 0 aliphatic heterocycles. The van der Waals surface area contributed by atoms with Crippen LogP contribution in [0.25, 0.3) is 0 Å². The van der Waals surface area contributed by atoms with Crippen LogP contribution in [0, 0.1) is 0 Å². The normalized spacial score (nSPS) is 12.7. The highest BCUT2D eigenvalue weighted by molar-refractivity contribution is 9.10. The maximum absolute atomic E-state index is 12.1. The van der Waals surface area contributed by atoms with Gasteiger partial charge in [0, 0.05) is 11.5 Å². The van der Waals surface area contributed by atoms with Gasteiger partial charge in [-0.2, -0.15) is 0 Å². The van der Waals surface area contributed by atoms with Gasteiger partial charge in [-0.05, 0) is 44.5 Å². The molecule has 0 saturated carbocycles. The standard InChI is InChI=1S/C15H22BrNO4/c1-15(2,3)21-14(19)17(4)13(9-18)11-8-10(20-5)6-7-12(11)16/h6-8,13,18H,9H2,1-5H3. The van der Waals surface area contributed by atoms with E-state index in [0.717, 1.165) is 10.0 Å². The van der Waals surface area contributed by atoms with E-state index in [1.807, 2.05) is 6.07 Å². The van der Waals surface area contributed by atoms with Crippen LogP contribution in [0.4, 0.5) is 4.79 Å². The first-order chi connectivity index (χ1) is 9.69. The summed E-state index contributed by atoms with van der Waals surface area (Å²) in [5.41, 5.74) is 0.168. The lowest BCUT2D eigenvalue weighted by molar-refractivity contribution is 0.0158. The molecular formula is C15H22BrNO4. The van der Waals surface area contributed by atoms with Gasteiger partial charge in [-0.25, -0.2) is 4.79 Å². The van der Waals surface area contributed by atoms with E-state index in [0.29, 0.717) is 5.75 Å². The zero-order chi connectivity index (χ0) is 16.2. The van der Waals surface area contributed by atoms with Gasteiger partial charge in [-0.3, -0.25) is 0 Å². The van der Waals surface area contributed by atoms with Gasteiger partial charge in [0.05, 0.1) is 19.8 Å². The number of halogens is 1. The molecule has 0 aromatic heterocycles. The molecule has 0 fully saturated rings. The molecule has 0 aliphatic carbocycles. The highest BCUT2D eigenvalue weighted by Crippen LogP contribution is 2.31. The van der Waals surface area contributed by atoms with Crippen molar-refractivity contribution in [1.82, 2.24) is 4.90 Å². The Kier molecular flexibility index (Phi) is 6.04. The third kappa shape index (κ3) is 4.89. The fourth-order valence-electron chi connectivity index (χ4n) is 1.79. The first-order valence-electron chi connectivity index (χ1n) is 6.59. The number of hydrogen-bond acceptors (Lipinski definition) is 4. The molecule has 0 saturated heterocycles. The van der Waals surface area contributed by atoms with Crippen LogP contribution in [-0.2, 0) is 4.74 Å². The quantitative estimate of drug-likeness (QED) is 0.895. The molecule has 1 N–H and O–H groups in total. The molecule has 118 valence electrons. The Hall–Kier alpha value is -1.27. The van der Waals surface area contributed by atoms with Gasteiger partial charge in [0.1, 0.15) is 11.4 Å². The van der Waals surface area contributed by atoms with Crippen LogP contribution >= 0.6 is 15.9 Å². The first kappa shape index (κ1) is 17.8. The summed E-state index contributed by atoms with van der Waals surface area (Å²) >= 11 is 3.43. The molecule has 1 amide bonds. The van der Waals surface area contributed by atoms with Crippen molar-refractivity contribution in [2.45, 2.75) is 32.4 Å². The molecule has 0 bridgehead atoms. The van der Waals surface area contributed by atoms with Gasteiger partial charge in [0.2, 0.25) is 0 Å². The highest BCUT2D eigenvalue weighted by Gasteiger charge is 2.27. The van der Waals surface area contributed by atoms with Crippen molar-refractivity contribution in [3.8, 4) is 5.75 Å². The third-order valence-electron chi connectivity index (χ3n) is 2.88.